The number of nitrogens with zero attached hydrogens (tertiary/aromatic N) is 2. The number of hydrogen-bond acceptors (Lipinski definition) is 4. The normalized spacial score (nSPS) is 12.4. The first-order valence-corrected chi connectivity index (χ1v) is 6.74. The fourth-order valence-electron chi connectivity index (χ4n) is 2.25. The van der Waals surface area contributed by atoms with Gasteiger partial charge in [0.15, 0.2) is 0 Å². The average molecular weight is 259 g/mol. The topological polar surface area (TPSA) is 51.0 Å². The Bertz CT molecular complexity index is 548. The van der Waals surface area contributed by atoms with Crippen LogP contribution in [0.4, 0.5) is 5.82 Å². The van der Waals surface area contributed by atoms with Gasteiger partial charge in [-0.25, -0.2) is 9.97 Å². The van der Waals surface area contributed by atoms with Gasteiger partial charge < -0.3 is 9.73 Å². The van der Waals surface area contributed by atoms with Gasteiger partial charge in [-0.1, -0.05) is 13.3 Å². The fourth-order valence-corrected chi connectivity index (χ4v) is 2.25. The van der Waals surface area contributed by atoms with Crippen LogP contribution in [-0.2, 0) is 6.42 Å². The zero-order valence-corrected chi connectivity index (χ0v) is 12.0. The molecule has 0 amide bonds. The Morgan fingerprint density at radius 3 is 2.68 bits per heavy atom. The lowest BCUT2D eigenvalue weighted by Gasteiger charge is -2.14. The van der Waals surface area contributed by atoms with Crippen LogP contribution in [-0.4, -0.2) is 9.97 Å². The van der Waals surface area contributed by atoms with E-state index in [0.29, 0.717) is 0 Å². The number of aryl methyl sites for hydroxylation is 3. The van der Waals surface area contributed by atoms with Gasteiger partial charge in [0.05, 0.1) is 6.04 Å². The molecular weight excluding hydrogens is 238 g/mol. The van der Waals surface area contributed by atoms with E-state index in [-0.39, 0.29) is 6.04 Å². The van der Waals surface area contributed by atoms with Crippen molar-refractivity contribution in [1.82, 2.24) is 9.97 Å². The van der Waals surface area contributed by atoms with Gasteiger partial charge in [-0.05, 0) is 33.3 Å². The molecule has 0 saturated carbocycles. The SMILES string of the molecule is CCCc1cc(NC(C)c2cc(C)oc2C)ncn1. The lowest BCUT2D eigenvalue weighted by atomic mass is 10.1. The Balaban J connectivity index is 2.12. The largest absolute Gasteiger partial charge is 0.466 e. The van der Waals surface area contributed by atoms with Crippen molar-refractivity contribution >= 4 is 5.82 Å². The summed E-state index contributed by atoms with van der Waals surface area (Å²) in [7, 11) is 0. The average Bonchev–Trinajstić information content (AvgIpc) is 2.69. The molecule has 0 aliphatic rings. The van der Waals surface area contributed by atoms with Crippen molar-refractivity contribution in [2.45, 2.75) is 46.6 Å². The number of hydrogen-bond donors (Lipinski definition) is 1. The van der Waals surface area contributed by atoms with E-state index >= 15 is 0 Å². The van der Waals surface area contributed by atoms with Gasteiger partial charge in [0, 0.05) is 17.3 Å². The lowest BCUT2D eigenvalue weighted by Crippen LogP contribution is -2.09. The summed E-state index contributed by atoms with van der Waals surface area (Å²) in [5, 5.41) is 3.40. The molecule has 0 aliphatic heterocycles. The van der Waals surface area contributed by atoms with Crippen molar-refractivity contribution in [2.75, 3.05) is 5.32 Å². The van der Waals surface area contributed by atoms with Crippen LogP contribution >= 0.6 is 0 Å². The summed E-state index contributed by atoms with van der Waals surface area (Å²) in [4.78, 5) is 8.53. The molecule has 2 heterocycles. The van der Waals surface area contributed by atoms with Gasteiger partial charge in [-0.2, -0.15) is 0 Å². The second kappa shape index (κ2) is 5.87. The van der Waals surface area contributed by atoms with Gasteiger partial charge >= 0.3 is 0 Å². The Hall–Kier alpha value is -1.84. The third-order valence-corrected chi connectivity index (χ3v) is 3.14. The molecule has 2 rings (SSSR count). The molecule has 4 heteroatoms. The fraction of sp³-hybridized carbons (Fsp3) is 0.467. The Labute approximate surface area is 114 Å². The van der Waals surface area contributed by atoms with Gasteiger partial charge in [0.25, 0.3) is 0 Å². The molecule has 0 aromatic carbocycles. The summed E-state index contributed by atoms with van der Waals surface area (Å²) in [6.45, 7) is 8.21. The van der Waals surface area contributed by atoms with E-state index < -0.39 is 0 Å². The van der Waals surface area contributed by atoms with Crippen molar-refractivity contribution in [2.24, 2.45) is 0 Å². The van der Waals surface area contributed by atoms with Crippen LogP contribution in [0.3, 0.4) is 0 Å². The highest BCUT2D eigenvalue weighted by molar-refractivity contribution is 5.39. The van der Waals surface area contributed by atoms with Crippen LogP contribution in [0, 0.1) is 13.8 Å². The molecule has 1 N–H and O–H groups in total. The van der Waals surface area contributed by atoms with E-state index in [2.05, 4.69) is 35.2 Å². The Morgan fingerprint density at radius 2 is 2.05 bits per heavy atom. The molecule has 0 fully saturated rings. The van der Waals surface area contributed by atoms with Crippen molar-refractivity contribution in [3.05, 3.63) is 41.2 Å². The molecule has 2 aromatic heterocycles. The monoisotopic (exact) mass is 259 g/mol. The van der Waals surface area contributed by atoms with E-state index in [4.69, 9.17) is 4.42 Å². The zero-order valence-electron chi connectivity index (χ0n) is 12.0. The number of furan rings is 1. The van der Waals surface area contributed by atoms with Gasteiger partial charge in [0.2, 0.25) is 0 Å². The molecule has 1 atom stereocenters. The van der Waals surface area contributed by atoms with Crippen LogP contribution in [0.1, 0.15) is 49.1 Å². The maximum Gasteiger partial charge on any atom is 0.130 e. The molecule has 1 unspecified atom stereocenters. The molecule has 0 aliphatic carbocycles. The standard InChI is InChI=1S/C15H21N3O/c1-5-6-13-8-15(17-9-16-13)18-11(3)14-7-10(2)19-12(14)4/h7-9,11H,5-6H2,1-4H3,(H,16,17,18). The Kier molecular flexibility index (Phi) is 4.20. The van der Waals surface area contributed by atoms with Crippen molar-refractivity contribution in [3.8, 4) is 0 Å². The predicted molar refractivity (Wildman–Crippen MR) is 76.2 cm³/mol. The molecule has 0 spiro atoms. The van der Waals surface area contributed by atoms with Crippen molar-refractivity contribution in [1.29, 1.82) is 0 Å². The molecular formula is C15H21N3O. The molecule has 2 aromatic rings. The predicted octanol–water partition coefficient (Wildman–Crippen LogP) is 3.81. The summed E-state index contributed by atoms with van der Waals surface area (Å²) in [5.74, 6) is 2.76. The molecule has 4 nitrogen and oxygen atoms in total. The first kappa shape index (κ1) is 13.6. The van der Waals surface area contributed by atoms with Gasteiger partial charge in [-0.15, -0.1) is 0 Å². The van der Waals surface area contributed by atoms with E-state index in [1.807, 2.05) is 19.9 Å². The first-order valence-electron chi connectivity index (χ1n) is 6.74. The minimum absolute atomic E-state index is 0.168. The molecule has 19 heavy (non-hydrogen) atoms. The molecule has 102 valence electrons. The van der Waals surface area contributed by atoms with E-state index in [9.17, 15) is 0 Å². The minimum atomic E-state index is 0.168. The maximum absolute atomic E-state index is 5.56. The van der Waals surface area contributed by atoms with Gasteiger partial charge in [-0.3, -0.25) is 0 Å². The summed E-state index contributed by atoms with van der Waals surface area (Å²) in [5.41, 5.74) is 2.25. The summed E-state index contributed by atoms with van der Waals surface area (Å²) >= 11 is 0. The quantitative estimate of drug-likeness (QED) is 0.887. The Morgan fingerprint density at radius 1 is 1.26 bits per heavy atom. The van der Waals surface area contributed by atoms with Crippen LogP contribution in [0.2, 0.25) is 0 Å². The number of anilines is 1. The second-order valence-corrected chi connectivity index (χ2v) is 4.88. The van der Waals surface area contributed by atoms with E-state index in [1.54, 1.807) is 6.33 Å². The van der Waals surface area contributed by atoms with Crippen LogP contribution in [0.25, 0.3) is 0 Å². The highest BCUT2D eigenvalue weighted by atomic mass is 16.3. The highest BCUT2D eigenvalue weighted by Gasteiger charge is 2.13. The summed E-state index contributed by atoms with van der Waals surface area (Å²) in [6, 6.07) is 4.26. The molecule has 0 radical (unpaired) electrons. The van der Waals surface area contributed by atoms with Crippen LogP contribution < -0.4 is 5.32 Å². The summed E-state index contributed by atoms with van der Waals surface area (Å²) < 4.78 is 5.56. The van der Waals surface area contributed by atoms with E-state index in [1.165, 1.54) is 5.56 Å². The summed E-state index contributed by atoms with van der Waals surface area (Å²) in [6.07, 6.45) is 3.69. The van der Waals surface area contributed by atoms with Crippen LogP contribution in [0.15, 0.2) is 22.9 Å². The third kappa shape index (κ3) is 3.34. The molecule has 0 saturated heterocycles. The van der Waals surface area contributed by atoms with Gasteiger partial charge in [0.1, 0.15) is 23.7 Å². The number of nitrogens with one attached hydrogen (secondary N) is 1. The smallest absolute Gasteiger partial charge is 0.130 e. The third-order valence-electron chi connectivity index (χ3n) is 3.14. The maximum atomic E-state index is 5.56. The minimum Gasteiger partial charge on any atom is -0.466 e. The van der Waals surface area contributed by atoms with Crippen molar-refractivity contribution < 1.29 is 4.42 Å². The van der Waals surface area contributed by atoms with Crippen molar-refractivity contribution in [3.63, 3.8) is 0 Å². The first-order chi connectivity index (χ1) is 9.10. The number of rotatable bonds is 5. The van der Waals surface area contributed by atoms with Crippen LogP contribution in [0.5, 0.6) is 0 Å². The number of aromatic nitrogens is 2. The molecule has 0 bridgehead atoms. The highest BCUT2D eigenvalue weighted by Crippen LogP contribution is 2.24. The lowest BCUT2D eigenvalue weighted by molar-refractivity contribution is 0.500. The second-order valence-electron chi connectivity index (χ2n) is 4.88. The zero-order chi connectivity index (χ0) is 13.8. The van der Waals surface area contributed by atoms with E-state index in [0.717, 1.165) is 35.9 Å².